The van der Waals surface area contributed by atoms with E-state index in [0.717, 1.165) is 5.56 Å². The largest absolute Gasteiger partial charge is 0.497 e. The molecule has 1 unspecified atom stereocenters. The highest BCUT2D eigenvalue weighted by atomic mass is 19.1. The Kier molecular flexibility index (Phi) is 3.66. The number of anilines is 1. The van der Waals surface area contributed by atoms with E-state index in [1.807, 2.05) is 13.0 Å². The van der Waals surface area contributed by atoms with Crippen molar-refractivity contribution in [3.8, 4) is 5.75 Å². The number of rotatable bonds is 3. The first-order chi connectivity index (χ1) is 9.02. The number of ether oxygens (including phenoxy) is 1. The lowest BCUT2D eigenvalue weighted by Gasteiger charge is -2.16. The van der Waals surface area contributed by atoms with E-state index in [4.69, 9.17) is 16.2 Å². The van der Waals surface area contributed by atoms with E-state index in [9.17, 15) is 4.39 Å². The first-order valence-corrected chi connectivity index (χ1v) is 5.84. The van der Waals surface area contributed by atoms with Gasteiger partial charge in [-0.25, -0.2) is 9.37 Å². The Morgan fingerprint density at radius 3 is 2.63 bits per heavy atom. The van der Waals surface area contributed by atoms with Crippen molar-refractivity contribution in [2.75, 3.05) is 12.8 Å². The molecular weight excluding hydrogens is 245 g/mol. The highest BCUT2D eigenvalue weighted by Gasteiger charge is 2.17. The van der Waals surface area contributed by atoms with Gasteiger partial charge in [-0.15, -0.1) is 0 Å². The van der Waals surface area contributed by atoms with E-state index < -0.39 is 11.9 Å². The number of hydrogen-bond acceptors (Lipinski definition) is 4. The molecule has 1 aromatic carbocycles. The molecule has 5 heteroatoms. The minimum atomic E-state index is -0.654. The molecule has 0 amide bonds. The fraction of sp³-hybridized carbons (Fsp3) is 0.214. The zero-order valence-corrected chi connectivity index (χ0v) is 10.9. The summed E-state index contributed by atoms with van der Waals surface area (Å²) in [5.74, 6) is 0.338. The summed E-state index contributed by atoms with van der Waals surface area (Å²) in [6.45, 7) is 1.88. The van der Waals surface area contributed by atoms with E-state index in [0.29, 0.717) is 22.7 Å². The molecule has 0 aliphatic carbocycles. The Balaban J connectivity index is 2.43. The smallest absolute Gasteiger partial charge is 0.132 e. The van der Waals surface area contributed by atoms with Crippen molar-refractivity contribution in [1.29, 1.82) is 0 Å². The molecule has 4 N–H and O–H groups in total. The van der Waals surface area contributed by atoms with Crippen molar-refractivity contribution >= 4 is 5.82 Å². The average molecular weight is 261 g/mol. The third-order valence-corrected chi connectivity index (χ3v) is 2.96. The number of pyridine rings is 1. The lowest BCUT2D eigenvalue weighted by atomic mass is 9.98. The second-order valence-corrected chi connectivity index (χ2v) is 4.35. The van der Waals surface area contributed by atoms with Crippen LogP contribution in [0, 0.1) is 12.7 Å². The number of aromatic nitrogens is 1. The van der Waals surface area contributed by atoms with Crippen LogP contribution in [0.5, 0.6) is 5.75 Å². The predicted octanol–water partition coefficient (Wildman–Crippen LogP) is 2.17. The van der Waals surface area contributed by atoms with E-state index in [-0.39, 0.29) is 0 Å². The van der Waals surface area contributed by atoms with Gasteiger partial charge in [-0.1, -0.05) is 6.07 Å². The maximum Gasteiger partial charge on any atom is 0.132 e. The minimum absolute atomic E-state index is 0.313. The summed E-state index contributed by atoms with van der Waals surface area (Å²) in [4.78, 5) is 4.04. The van der Waals surface area contributed by atoms with Gasteiger partial charge >= 0.3 is 0 Å². The van der Waals surface area contributed by atoms with Gasteiger partial charge in [-0.2, -0.15) is 0 Å². The third-order valence-electron chi connectivity index (χ3n) is 2.96. The van der Waals surface area contributed by atoms with Crippen molar-refractivity contribution < 1.29 is 9.13 Å². The van der Waals surface area contributed by atoms with Crippen molar-refractivity contribution in [1.82, 2.24) is 4.98 Å². The molecule has 0 saturated heterocycles. The summed E-state index contributed by atoms with van der Waals surface area (Å²) in [6, 6.07) is 5.72. The Labute approximate surface area is 111 Å². The second kappa shape index (κ2) is 5.24. The van der Waals surface area contributed by atoms with Crippen molar-refractivity contribution in [3.05, 3.63) is 53.0 Å². The number of nitrogens with two attached hydrogens (primary N) is 2. The molecule has 19 heavy (non-hydrogen) atoms. The van der Waals surface area contributed by atoms with Crippen LogP contribution < -0.4 is 16.2 Å². The number of benzene rings is 1. The van der Waals surface area contributed by atoms with Crippen LogP contribution in [0.15, 0.2) is 30.5 Å². The van der Waals surface area contributed by atoms with Crippen LogP contribution in [0.25, 0.3) is 0 Å². The summed E-state index contributed by atoms with van der Waals surface area (Å²) in [5.41, 5.74) is 13.8. The average Bonchev–Trinajstić information content (AvgIpc) is 2.40. The van der Waals surface area contributed by atoms with Crippen LogP contribution in [0.1, 0.15) is 22.7 Å². The van der Waals surface area contributed by atoms with Crippen LogP contribution in [0.2, 0.25) is 0 Å². The highest BCUT2D eigenvalue weighted by molar-refractivity contribution is 5.47. The normalized spacial score (nSPS) is 12.2. The van der Waals surface area contributed by atoms with Crippen LogP contribution in [-0.4, -0.2) is 12.1 Å². The lowest BCUT2D eigenvalue weighted by Crippen LogP contribution is -2.16. The van der Waals surface area contributed by atoms with Gasteiger partial charge in [0, 0.05) is 23.4 Å². The Hall–Kier alpha value is -2.14. The summed E-state index contributed by atoms with van der Waals surface area (Å²) in [6.07, 6.45) is 1.65. The van der Waals surface area contributed by atoms with Crippen LogP contribution in [-0.2, 0) is 0 Å². The first kappa shape index (κ1) is 13.3. The van der Waals surface area contributed by atoms with Gasteiger partial charge < -0.3 is 16.2 Å². The fourth-order valence-corrected chi connectivity index (χ4v) is 1.91. The minimum Gasteiger partial charge on any atom is -0.497 e. The third kappa shape index (κ3) is 2.66. The molecule has 100 valence electrons. The molecule has 0 aliphatic heterocycles. The van der Waals surface area contributed by atoms with Crippen LogP contribution in [0.3, 0.4) is 0 Å². The topological polar surface area (TPSA) is 74.2 Å². The molecule has 0 aliphatic rings. The van der Waals surface area contributed by atoms with Gasteiger partial charge in [0.25, 0.3) is 0 Å². The molecule has 2 aromatic rings. The number of methoxy groups -OCH3 is 1. The number of hydrogen-bond donors (Lipinski definition) is 2. The molecule has 1 heterocycles. The fourth-order valence-electron chi connectivity index (χ4n) is 1.91. The number of nitrogen functional groups attached to an aromatic ring is 1. The number of nitrogens with zero attached hydrogens (tertiary/aromatic N) is 1. The van der Waals surface area contributed by atoms with Crippen molar-refractivity contribution in [2.24, 2.45) is 5.73 Å². The summed E-state index contributed by atoms with van der Waals surface area (Å²) >= 11 is 0. The van der Waals surface area contributed by atoms with Crippen LogP contribution in [0.4, 0.5) is 10.2 Å². The first-order valence-electron chi connectivity index (χ1n) is 5.84. The maximum absolute atomic E-state index is 14.0. The zero-order valence-electron chi connectivity index (χ0n) is 10.9. The second-order valence-electron chi connectivity index (χ2n) is 4.35. The number of aryl methyl sites for hydroxylation is 1. The summed E-state index contributed by atoms with van der Waals surface area (Å²) in [7, 11) is 1.48. The van der Waals surface area contributed by atoms with Gasteiger partial charge in [0.1, 0.15) is 17.4 Å². The monoisotopic (exact) mass is 261 g/mol. The lowest BCUT2D eigenvalue weighted by molar-refractivity contribution is 0.410. The van der Waals surface area contributed by atoms with Gasteiger partial charge in [0.05, 0.1) is 13.2 Å². The molecule has 1 aromatic heterocycles. The molecule has 0 radical (unpaired) electrons. The molecule has 0 fully saturated rings. The standard InChI is InChI=1S/C14H16FN3O/c1-8-5-11(14(17)18-7-8)13(16)10-4-3-9(19-2)6-12(10)15/h3-7,13H,16H2,1-2H3,(H2,17,18). The van der Waals surface area contributed by atoms with Crippen LogP contribution >= 0.6 is 0 Å². The van der Waals surface area contributed by atoms with Gasteiger partial charge in [-0.3, -0.25) is 0 Å². The molecule has 1 atom stereocenters. The SMILES string of the molecule is COc1ccc(C(N)c2cc(C)cnc2N)c(F)c1. The summed E-state index contributed by atoms with van der Waals surface area (Å²) < 4.78 is 18.9. The molecular formula is C14H16FN3O. The Morgan fingerprint density at radius 1 is 1.26 bits per heavy atom. The molecule has 0 spiro atoms. The maximum atomic E-state index is 14.0. The molecule has 2 rings (SSSR count). The number of halogens is 1. The van der Waals surface area contributed by atoms with E-state index in [2.05, 4.69) is 4.98 Å². The molecule has 4 nitrogen and oxygen atoms in total. The zero-order chi connectivity index (χ0) is 14.0. The van der Waals surface area contributed by atoms with Crippen molar-refractivity contribution in [2.45, 2.75) is 13.0 Å². The van der Waals surface area contributed by atoms with E-state index in [1.54, 1.807) is 18.3 Å². The van der Waals surface area contributed by atoms with Gasteiger partial charge in [0.2, 0.25) is 0 Å². The Bertz CT molecular complexity index is 601. The van der Waals surface area contributed by atoms with Crippen molar-refractivity contribution in [3.63, 3.8) is 0 Å². The molecule has 0 saturated carbocycles. The van der Waals surface area contributed by atoms with E-state index in [1.165, 1.54) is 13.2 Å². The molecule has 0 bridgehead atoms. The Morgan fingerprint density at radius 2 is 2.00 bits per heavy atom. The predicted molar refractivity (Wildman–Crippen MR) is 72.4 cm³/mol. The summed E-state index contributed by atoms with van der Waals surface area (Å²) in [5, 5.41) is 0. The van der Waals surface area contributed by atoms with Gasteiger partial charge in [0.15, 0.2) is 0 Å². The van der Waals surface area contributed by atoms with E-state index >= 15 is 0 Å². The quantitative estimate of drug-likeness (QED) is 0.888. The highest BCUT2D eigenvalue weighted by Crippen LogP contribution is 2.28. The van der Waals surface area contributed by atoms with Gasteiger partial charge in [-0.05, 0) is 24.6 Å².